The van der Waals surface area contributed by atoms with Gasteiger partial charge in [-0.1, -0.05) is 41.9 Å². The molecule has 0 unspecified atom stereocenters. The predicted molar refractivity (Wildman–Crippen MR) is 85.0 cm³/mol. The number of rotatable bonds is 6. The predicted octanol–water partition coefficient (Wildman–Crippen LogP) is 3.93. The van der Waals surface area contributed by atoms with E-state index >= 15 is 0 Å². The lowest BCUT2D eigenvalue weighted by atomic mass is 10.3. The van der Waals surface area contributed by atoms with Crippen molar-refractivity contribution < 1.29 is 9.53 Å². The lowest BCUT2D eigenvalue weighted by Crippen LogP contribution is -2.30. The van der Waals surface area contributed by atoms with Gasteiger partial charge in [-0.25, -0.2) is 4.79 Å². The van der Waals surface area contributed by atoms with Crippen LogP contribution in [0.15, 0.2) is 54.6 Å². The molecule has 0 aromatic heterocycles. The molecule has 2 aromatic rings. The van der Waals surface area contributed by atoms with Crippen LogP contribution in [0.4, 0.5) is 10.5 Å². The summed E-state index contributed by atoms with van der Waals surface area (Å²) in [7, 11) is 0. The Morgan fingerprint density at radius 3 is 2.52 bits per heavy atom. The fourth-order valence-electron chi connectivity index (χ4n) is 1.71. The second-order valence-electron chi connectivity index (χ2n) is 4.38. The van der Waals surface area contributed by atoms with Gasteiger partial charge in [0, 0.05) is 12.2 Å². The van der Waals surface area contributed by atoms with Gasteiger partial charge in [-0.3, -0.25) is 0 Å². The fourth-order valence-corrected chi connectivity index (χ4v) is 1.91. The molecule has 0 saturated heterocycles. The van der Waals surface area contributed by atoms with Crippen molar-refractivity contribution in [1.82, 2.24) is 5.32 Å². The summed E-state index contributed by atoms with van der Waals surface area (Å²) < 4.78 is 5.53. The summed E-state index contributed by atoms with van der Waals surface area (Å²) in [6.07, 6.45) is 0.702. The highest BCUT2D eigenvalue weighted by atomic mass is 35.5. The van der Waals surface area contributed by atoms with Gasteiger partial charge in [0.1, 0.15) is 5.75 Å². The topological polar surface area (TPSA) is 50.4 Å². The molecule has 2 rings (SSSR count). The van der Waals surface area contributed by atoms with Crippen molar-refractivity contribution in [3.8, 4) is 5.75 Å². The molecule has 0 heterocycles. The smallest absolute Gasteiger partial charge is 0.319 e. The van der Waals surface area contributed by atoms with E-state index in [-0.39, 0.29) is 6.03 Å². The van der Waals surface area contributed by atoms with E-state index in [9.17, 15) is 4.79 Å². The highest BCUT2D eigenvalue weighted by Crippen LogP contribution is 2.22. The normalized spacial score (nSPS) is 9.95. The number of carbonyl (C=O) groups excluding carboxylic acids is 1. The number of hydrogen-bond acceptors (Lipinski definition) is 2. The number of para-hydroxylation sites is 2. The molecular weight excluding hydrogens is 288 g/mol. The number of nitrogens with one attached hydrogen (secondary N) is 2. The van der Waals surface area contributed by atoms with Gasteiger partial charge in [0.05, 0.1) is 11.6 Å². The fraction of sp³-hybridized carbons (Fsp3) is 0.188. The van der Waals surface area contributed by atoms with Crippen LogP contribution in [0, 0.1) is 0 Å². The van der Waals surface area contributed by atoms with Crippen molar-refractivity contribution in [2.45, 2.75) is 6.42 Å². The SMILES string of the molecule is O=C(NCCCOc1ccccc1Cl)Nc1ccccc1. The maximum absolute atomic E-state index is 11.6. The second kappa shape index (κ2) is 8.17. The maximum atomic E-state index is 11.6. The van der Waals surface area contributed by atoms with Crippen LogP contribution in [-0.2, 0) is 0 Å². The molecule has 0 radical (unpaired) electrons. The minimum Gasteiger partial charge on any atom is -0.492 e. The molecular formula is C16H17ClN2O2. The zero-order valence-corrected chi connectivity index (χ0v) is 12.3. The first-order valence-electron chi connectivity index (χ1n) is 6.73. The van der Waals surface area contributed by atoms with Crippen LogP contribution in [0.1, 0.15) is 6.42 Å². The zero-order chi connectivity index (χ0) is 14.9. The van der Waals surface area contributed by atoms with Gasteiger partial charge in [0.25, 0.3) is 0 Å². The van der Waals surface area contributed by atoms with E-state index in [1.165, 1.54) is 0 Å². The summed E-state index contributed by atoms with van der Waals surface area (Å²) in [4.78, 5) is 11.6. The Bertz CT molecular complexity index is 575. The van der Waals surface area contributed by atoms with Crippen LogP contribution in [0.2, 0.25) is 5.02 Å². The van der Waals surface area contributed by atoms with E-state index < -0.39 is 0 Å². The van der Waals surface area contributed by atoms with Crippen molar-refractivity contribution in [2.75, 3.05) is 18.5 Å². The molecule has 4 nitrogen and oxygen atoms in total. The molecule has 0 atom stereocenters. The van der Waals surface area contributed by atoms with Crippen molar-refractivity contribution in [1.29, 1.82) is 0 Å². The number of benzene rings is 2. The average Bonchev–Trinajstić information content (AvgIpc) is 2.50. The van der Waals surface area contributed by atoms with Gasteiger partial charge in [0.2, 0.25) is 0 Å². The van der Waals surface area contributed by atoms with Crippen molar-refractivity contribution in [2.24, 2.45) is 0 Å². The summed E-state index contributed by atoms with van der Waals surface area (Å²) in [6, 6.07) is 16.4. The second-order valence-corrected chi connectivity index (χ2v) is 4.79. The minimum atomic E-state index is -0.223. The van der Waals surface area contributed by atoms with Gasteiger partial charge in [-0.05, 0) is 30.7 Å². The summed E-state index contributed by atoms with van der Waals surface area (Å²) in [5.74, 6) is 0.660. The van der Waals surface area contributed by atoms with Crippen LogP contribution in [0.3, 0.4) is 0 Å². The van der Waals surface area contributed by atoms with Gasteiger partial charge in [-0.15, -0.1) is 0 Å². The summed E-state index contributed by atoms with van der Waals surface area (Å²) in [5, 5.41) is 6.11. The molecule has 2 aromatic carbocycles. The molecule has 0 aliphatic heterocycles. The number of carbonyl (C=O) groups is 1. The van der Waals surface area contributed by atoms with Crippen LogP contribution >= 0.6 is 11.6 Å². The van der Waals surface area contributed by atoms with Gasteiger partial charge < -0.3 is 15.4 Å². The first kappa shape index (κ1) is 15.2. The Hall–Kier alpha value is -2.20. The Morgan fingerprint density at radius 2 is 1.76 bits per heavy atom. The van der Waals surface area contributed by atoms with E-state index in [1.807, 2.05) is 48.5 Å². The molecule has 110 valence electrons. The highest BCUT2D eigenvalue weighted by Gasteiger charge is 2.01. The number of halogens is 1. The monoisotopic (exact) mass is 304 g/mol. The van der Waals surface area contributed by atoms with Gasteiger partial charge in [0.15, 0.2) is 0 Å². The highest BCUT2D eigenvalue weighted by molar-refractivity contribution is 6.32. The molecule has 2 N–H and O–H groups in total. The summed E-state index contributed by atoms with van der Waals surface area (Å²) in [6.45, 7) is 1.03. The third kappa shape index (κ3) is 5.36. The van der Waals surface area contributed by atoms with Gasteiger partial charge in [-0.2, -0.15) is 0 Å². The Kier molecular flexibility index (Phi) is 5.91. The first-order valence-corrected chi connectivity index (χ1v) is 7.11. The Morgan fingerprint density at radius 1 is 1.05 bits per heavy atom. The molecule has 5 heteroatoms. The van der Waals surface area contributed by atoms with Crippen molar-refractivity contribution in [3.63, 3.8) is 0 Å². The number of urea groups is 1. The molecule has 0 fully saturated rings. The number of ether oxygens (including phenoxy) is 1. The van der Waals surface area contributed by atoms with Crippen LogP contribution in [0.25, 0.3) is 0 Å². The molecule has 2 amide bonds. The molecule has 0 aliphatic carbocycles. The number of amides is 2. The standard InChI is InChI=1S/C16H17ClN2O2/c17-14-9-4-5-10-15(14)21-12-6-11-18-16(20)19-13-7-2-1-3-8-13/h1-5,7-10H,6,11-12H2,(H2,18,19,20). The Labute approximate surface area is 129 Å². The van der Waals surface area contributed by atoms with E-state index in [1.54, 1.807) is 6.07 Å². The van der Waals surface area contributed by atoms with Crippen LogP contribution in [-0.4, -0.2) is 19.2 Å². The third-order valence-corrected chi connectivity index (χ3v) is 3.04. The number of anilines is 1. The van der Waals surface area contributed by atoms with E-state index in [2.05, 4.69) is 10.6 Å². The molecule has 0 aliphatic rings. The quantitative estimate of drug-likeness (QED) is 0.794. The van der Waals surface area contributed by atoms with E-state index in [0.717, 1.165) is 5.69 Å². The molecule has 21 heavy (non-hydrogen) atoms. The molecule has 0 saturated carbocycles. The van der Waals surface area contributed by atoms with Crippen LogP contribution < -0.4 is 15.4 Å². The lowest BCUT2D eigenvalue weighted by molar-refractivity contribution is 0.250. The average molecular weight is 305 g/mol. The maximum Gasteiger partial charge on any atom is 0.319 e. The lowest BCUT2D eigenvalue weighted by Gasteiger charge is -2.09. The first-order chi connectivity index (χ1) is 10.3. The third-order valence-electron chi connectivity index (χ3n) is 2.73. The summed E-state index contributed by atoms with van der Waals surface area (Å²) in [5.41, 5.74) is 0.766. The van der Waals surface area contributed by atoms with Gasteiger partial charge >= 0.3 is 6.03 Å². The summed E-state index contributed by atoms with van der Waals surface area (Å²) >= 11 is 5.97. The largest absolute Gasteiger partial charge is 0.492 e. The van der Waals surface area contributed by atoms with Crippen LogP contribution in [0.5, 0.6) is 5.75 Å². The van der Waals surface area contributed by atoms with E-state index in [0.29, 0.717) is 30.3 Å². The van der Waals surface area contributed by atoms with E-state index in [4.69, 9.17) is 16.3 Å². The Balaban J connectivity index is 1.62. The van der Waals surface area contributed by atoms with Crippen molar-refractivity contribution >= 4 is 23.3 Å². The van der Waals surface area contributed by atoms with Crippen molar-refractivity contribution in [3.05, 3.63) is 59.6 Å². The molecule has 0 spiro atoms. The zero-order valence-electron chi connectivity index (χ0n) is 11.5. The minimum absolute atomic E-state index is 0.223. The molecule has 0 bridgehead atoms. The number of hydrogen-bond donors (Lipinski definition) is 2.